The van der Waals surface area contributed by atoms with Crippen LogP contribution in [-0.4, -0.2) is 81.5 Å². The van der Waals surface area contributed by atoms with Crippen LogP contribution in [0.3, 0.4) is 0 Å². The molecule has 20 heteroatoms. The van der Waals surface area contributed by atoms with E-state index in [1.807, 2.05) is 0 Å². The summed E-state index contributed by atoms with van der Waals surface area (Å²) in [7, 11) is -4.87. The van der Waals surface area contributed by atoms with Crippen LogP contribution in [-0.2, 0) is 32.9 Å². The minimum absolute atomic E-state index is 0.121. The average molecular weight is 637 g/mol. The first-order chi connectivity index (χ1) is 19.2. The SMILES string of the molecule is CC(C)OC(=O)[C@H](C)NP(=O)(N[C@@H](C)C(=O)OC(C)C)OC[C@@]1(C(F)F)O[C@@H](n2cc(F)c(N)nc2=O)C(F)(F)[C@@H]1O. The molecule has 0 unspecified atom stereocenters. The Hall–Kier alpha value is -2.70. The third-order valence-corrected chi connectivity index (χ3v) is 7.60. The number of esters is 2. The van der Waals surface area contributed by atoms with Gasteiger partial charge < -0.3 is 29.6 Å². The van der Waals surface area contributed by atoms with Gasteiger partial charge in [-0.3, -0.25) is 18.7 Å². The van der Waals surface area contributed by atoms with Gasteiger partial charge in [0, 0.05) is 0 Å². The Morgan fingerprint density at radius 2 is 1.60 bits per heavy atom. The molecule has 0 radical (unpaired) electrons. The summed E-state index contributed by atoms with van der Waals surface area (Å²) in [6.45, 7) is 6.51. The number of halogens is 5. The van der Waals surface area contributed by atoms with Gasteiger partial charge in [-0.15, -0.1) is 0 Å². The van der Waals surface area contributed by atoms with Gasteiger partial charge in [-0.1, -0.05) is 0 Å². The minimum Gasteiger partial charge on any atom is -0.462 e. The van der Waals surface area contributed by atoms with Crippen LogP contribution in [0.15, 0.2) is 11.0 Å². The van der Waals surface area contributed by atoms with E-state index in [1.165, 1.54) is 27.7 Å². The number of aliphatic hydroxyl groups excluding tert-OH is 1. The lowest BCUT2D eigenvalue weighted by Crippen LogP contribution is -2.55. The number of carbonyl (C=O) groups excluding carboxylic acids is 2. The Balaban J connectivity index is 2.47. The summed E-state index contributed by atoms with van der Waals surface area (Å²) in [5.41, 5.74) is -0.184. The van der Waals surface area contributed by atoms with Crippen molar-refractivity contribution in [1.82, 2.24) is 19.7 Å². The van der Waals surface area contributed by atoms with Gasteiger partial charge in [0.05, 0.1) is 25.0 Å². The van der Waals surface area contributed by atoms with Crippen molar-refractivity contribution in [3.05, 3.63) is 22.5 Å². The van der Waals surface area contributed by atoms with E-state index in [1.54, 1.807) is 0 Å². The summed E-state index contributed by atoms with van der Waals surface area (Å²) in [4.78, 5) is 39.7. The minimum atomic E-state index is -4.87. The van der Waals surface area contributed by atoms with Gasteiger partial charge in [-0.05, 0) is 41.5 Å². The first-order valence-electron chi connectivity index (χ1n) is 12.4. The first kappa shape index (κ1) is 35.5. The van der Waals surface area contributed by atoms with Crippen LogP contribution in [0.4, 0.5) is 27.8 Å². The van der Waals surface area contributed by atoms with Crippen molar-refractivity contribution >= 4 is 25.4 Å². The number of anilines is 1. The molecule has 42 heavy (non-hydrogen) atoms. The van der Waals surface area contributed by atoms with E-state index in [-0.39, 0.29) is 10.8 Å². The number of aliphatic hydroxyl groups is 1. The maximum Gasteiger partial charge on any atom is 0.352 e. The number of rotatable bonds is 13. The van der Waals surface area contributed by atoms with Crippen molar-refractivity contribution in [2.24, 2.45) is 0 Å². The van der Waals surface area contributed by atoms with E-state index in [4.69, 9.17) is 24.5 Å². The number of ether oxygens (including phenoxy) is 3. The number of aromatic nitrogens is 2. The highest BCUT2D eigenvalue weighted by Crippen LogP contribution is 2.52. The number of alkyl halides is 4. The van der Waals surface area contributed by atoms with Crippen molar-refractivity contribution in [3.8, 4) is 0 Å². The van der Waals surface area contributed by atoms with Crippen molar-refractivity contribution in [2.75, 3.05) is 12.3 Å². The fraction of sp³-hybridized carbons (Fsp3) is 0.727. The molecule has 14 nitrogen and oxygen atoms in total. The molecule has 1 aliphatic heterocycles. The summed E-state index contributed by atoms with van der Waals surface area (Å²) in [5.74, 6) is -9.12. The lowest BCUT2D eigenvalue weighted by molar-refractivity contribution is -0.192. The van der Waals surface area contributed by atoms with Gasteiger partial charge in [0.1, 0.15) is 12.1 Å². The normalized spacial score (nSPS) is 23.8. The third kappa shape index (κ3) is 7.82. The Bertz CT molecular complexity index is 1220. The van der Waals surface area contributed by atoms with E-state index in [0.29, 0.717) is 0 Å². The van der Waals surface area contributed by atoms with Gasteiger partial charge in [-0.25, -0.2) is 28.1 Å². The van der Waals surface area contributed by atoms with Crippen LogP contribution in [0.2, 0.25) is 0 Å². The monoisotopic (exact) mass is 637 g/mol. The molecule has 2 rings (SSSR count). The standard InChI is InChI=1S/C22H33F5N5O9P/c1-9(2)39-15(33)11(5)30-42(37,31-12(6)16(34)40-10(3)4)38-8-21(18(24)25)17(35)22(26,27)19(41-21)32-7-13(23)14(28)29-20(32)36/h7,9-12,17-19,35H,8H2,1-6H3,(H2,28,29,36)(H2,30,31,37)/t11-,12-,17+,19+,21+/m0/s1. The summed E-state index contributed by atoms with van der Waals surface area (Å²) >= 11 is 0. The van der Waals surface area contributed by atoms with E-state index in [9.17, 15) is 37.2 Å². The topological polar surface area (TPSA) is 193 Å². The lowest BCUT2D eigenvalue weighted by Gasteiger charge is -2.33. The van der Waals surface area contributed by atoms with Gasteiger partial charge in [-0.2, -0.15) is 13.8 Å². The van der Waals surface area contributed by atoms with Gasteiger partial charge in [0.25, 0.3) is 6.43 Å². The third-order valence-electron chi connectivity index (χ3n) is 5.65. The zero-order valence-corrected chi connectivity index (χ0v) is 24.2. The molecule has 0 bridgehead atoms. The lowest BCUT2D eigenvalue weighted by atomic mass is 9.96. The highest BCUT2D eigenvalue weighted by Gasteiger charge is 2.71. The predicted octanol–water partition coefficient (Wildman–Crippen LogP) is 1.48. The highest BCUT2D eigenvalue weighted by atomic mass is 31.2. The van der Waals surface area contributed by atoms with Crippen molar-refractivity contribution in [3.63, 3.8) is 0 Å². The average Bonchev–Trinajstić information content (AvgIpc) is 3.05. The number of hydrogen-bond acceptors (Lipinski definition) is 11. The van der Waals surface area contributed by atoms with Crippen molar-refractivity contribution in [1.29, 1.82) is 0 Å². The molecule has 0 amide bonds. The van der Waals surface area contributed by atoms with Crippen LogP contribution < -0.4 is 21.6 Å². The summed E-state index contributed by atoms with van der Waals surface area (Å²) < 4.78 is 106. The number of nitrogens with one attached hydrogen (secondary N) is 2. The molecular formula is C22H33F5N5O9P. The fourth-order valence-electron chi connectivity index (χ4n) is 3.61. The van der Waals surface area contributed by atoms with E-state index >= 15 is 8.78 Å². The quantitative estimate of drug-likeness (QED) is 0.138. The number of carbonyl (C=O) groups is 2. The van der Waals surface area contributed by atoms with E-state index < -0.39 is 98.1 Å². The second kappa shape index (κ2) is 13.3. The van der Waals surface area contributed by atoms with E-state index in [0.717, 1.165) is 13.8 Å². The molecule has 1 aromatic rings. The molecule has 5 atom stereocenters. The van der Waals surface area contributed by atoms with Gasteiger partial charge in [0.2, 0.25) is 6.23 Å². The number of hydrogen-bond donors (Lipinski definition) is 4. The number of nitrogen functional groups attached to an aromatic ring is 1. The Morgan fingerprint density at radius 3 is 2.02 bits per heavy atom. The molecule has 1 aliphatic rings. The molecule has 5 N–H and O–H groups in total. The summed E-state index contributed by atoms with van der Waals surface area (Å²) in [6.07, 6.45) is -11.6. The second-order valence-electron chi connectivity index (χ2n) is 9.96. The van der Waals surface area contributed by atoms with Gasteiger partial charge in [0.15, 0.2) is 23.3 Å². The van der Waals surface area contributed by atoms with Crippen molar-refractivity contribution < 1.29 is 59.9 Å². The molecule has 240 valence electrons. The predicted molar refractivity (Wildman–Crippen MR) is 134 cm³/mol. The molecule has 0 aliphatic carbocycles. The molecule has 1 saturated heterocycles. The highest BCUT2D eigenvalue weighted by molar-refractivity contribution is 7.54. The van der Waals surface area contributed by atoms with E-state index in [2.05, 4.69) is 15.2 Å². The van der Waals surface area contributed by atoms with Crippen LogP contribution in [0, 0.1) is 5.82 Å². The molecule has 2 heterocycles. The zero-order valence-electron chi connectivity index (χ0n) is 23.3. The molecule has 0 saturated carbocycles. The largest absolute Gasteiger partial charge is 0.462 e. The molecule has 1 fully saturated rings. The smallest absolute Gasteiger partial charge is 0.352 e. The Kier molecular flexibility index (Phi) is 11.2. The molecule has 0 spiro atoms. The first-order valence-corrected chi connectivity index (χ1v) is 14.1. The Morgan fingerprint density at radius 1 is 1.12 bits per heavy atom. The summed E-state index contributed by atoms with van der Waals surface area (Å²) in [5, 5.41) is 14.7. The number of nitrogens with two attached hydrogens (primary N) is 1. The Labute approximate surface area is 236 Å². The second-order valence-corrected chi connectivity index (χ2v) is 11.8. The van der Waals surface area contributed by atoms with Crippen LogP contribution in [0.5, 0.6) is 0 Å². The number of nitrogens with zero attached hydrogens (tertiary/aromatic N) is 2. The molecular weight excluding hydrogens is 604 g/mol. The molecule has 1 aromatic heterocycles. The van der Waals surface area contributed by atoms with Gasteiger partial charge >= 0.3 is 31.2 Å². The molecule has 0 aromatic carbocycles. The van der Waals surface area contributed by atoms with Crippen LogP contribution >= 0.6 is 7.67 Å². The van der Waals surface area contributed by atoms with Crippen LogP contribution in [0.25, 0.3) is 0 Å². The van der Waals surface area contributed by atoms with Crippen molar-refractivity contribution in [2.45, 2.75) is 96.1 Å². The van der Waals surface area contributed by atoms with Crippen LogP contribution in [0.1, 0.15) is 47.8 Å². The maximum atomic E-state index is 15.1. The fourth-order valence-corrected chi connectivity index (χ4v) is 5.45. The maximum absolute atomic E-state index is 15.1. The summed E-state index contributed by atoms with van der Waals surface area (Å²) in [6, 6.07) is -2.96. The zero-order chi connectivity index (χ0) is 32.4.